The van der Waals surface area contributed by atoms with Gasteiger partial charge in [0.25, 0.3) is 0 Å². The van der Waals surface area contributed by atoms with E-state index in [2.05, 4.69) is 15.3 Å². The van der Waals surface area contributed by atoms with Gasteiger partial charge in [-0.05, 0) is 31.2 Å². The van der Waals surface area contributed by atoms with Crippen LogP contribution in [0.4, 0.5) is 17.2 Å². The molecule has 26 heavy (non-hydrogen) atoms. The minimum absolute atomic E-state index is 0.306. The molecule has 0 aliphatic heterocycles. The second-order valence-corrected chi connectivity index (χ2v) is 6.31. The molecule has 1 aromatic heterocycles. The van der Waals surface area contributed by atoms with Gasteiger partial charge in [0.15, 0.2) is 5.82 Å². The van der Waals surface area contributed by atoms with Crippen LogP contribution in [0.3, 0.4) is 0 Å². The number of hydrogen-bond acceptors (Lipinski definition) is 7. The Kier molecular flexibility index (Phi) is 5.70. The lowest BCUT2D eigenvalue weighted by atomic mass is 10.2. The average Bonchev–Trinajstić information content (AvgIpc) is 2.66. The van der Waals surface area contributed by atoms with Crippen molar-refractivity contribution < 1.29 is 9.53 Å². The molecule has 0 saturated heterocycles. The summed E-state index contributed by atoms with van der Waals surface area (Å²) in [5.41, 5.74) is 7.65. The first-order valence-corrected chi connectivity index (χ1v) is 8.87. The Hall–Kier alpha value is -3.06. The van der Waals surface area contributed by atoms with Crippen LogP contribution in [0.25, 0.3) is 0 Å². The number of rotatable bonds is 6. The van der Waals surface area contributed by atoms with Crippen LogP contribution in [0.15, 0.2) is 70.8 Å². The molecule has 132 valence electrons. The second kappa shape index (κ2) is 8.35. The Balaban J connectivity index is 1.88. The number of nitrogens with one attached hydrogen (secondary N) is 1. The fourth-order valence-electron chi connectivity index (χ4n) is 2.27. The molecule has 3 aromatic rings. The first kappa shape index (κ1) is 17.8. The smallest absolute Gasteiger partial charge is 0.340 e. The number of anilines is 3. The van der Waals surface area contributed by atoms with Crippen molar-refractivity contribution in [3.8, 4) is 0 Å². The third kappa shape index (κ3) is 4.12. The van der Waals surface area contributed by atoms with Crippen LogP contribution in [-0.4, -0.2) is 22.5 Å². The van der Waals surface area contributed by atoms with E-state index >= 15 is 0 Å². The third-order valence-corrected chi connectivity index (χ3v) is 4.51. The van der Waals surface area contributed by atoms with E-state index in [4.69, 9.17) is 10.5 Å². The SMILES string of the molecule is CCOC(=O)c1ccccc1Nc1ncnc(Sc2ccccc2)c1N. The first-order chi connectivity index (χ1) is 12.7. The monoisotopic (exact) mass is 366 g/mol. The van der Waals surface area contributed by atoms with E-state index in [-0.39, 0.29) is 0 Å². The Morgan fingerprint density at radius 1 is 1.12 bits per heavy atom. The highest BCUT2D eigenvalue weighted by molar-refractivity contribution is 7.99. The molecule has 0 saturated carbocycles. The Morgan fingerprint density at radius 3 is 2.62 bits per heavy atom. The molecule has 0 amide bonds. The molecule has 0 radical (unpaired) electrons. The summed E-state index contributed by atoms with van der Waals surface area (Å²) in [6.45, 7) is 2.07. The number of para-hydroxylation sites is 1. The van der Waals surface area contributed by atoms with Crippen molar-refractivity contribution in [1.29, 1.82) is 0 Å². The Bertz CT molecular complexity index is 903. The van der Waals surface area contributed by atoms with Crippen LogP contribution < -0.4 is 11.1 Å². The van der Waals surface area contributed by atoms with Gasteiger partial charge < -0.3 is 15.8 Å². The number of nitrogen functional groups attached to an aromatic ring is 1. The number of carbonyl (C=O) groups excluding carboxylic acids is 1. The van der Waals surface area contributed by atoms with Crippen LogP contribution in [0.5, 0.6) is 0 Å². The molecule has 7 heteroatoms. The molecule has 6 nitrogen and oxygen atoms in total. The quantitative estimate of drug-likeness (QED) is 0.501. The number of esters is 1. The molecule has 0 fully saturated rings. The van der Waals surface area contributed by atoms with Crippen LogP contribution in [-0.2, 0) is 4.74 Å². The first-order valence-electron chi connectivity index (χ1n) is 8.05. The summed E-state index contributed by atoms with van der Waals surface area (Å²) in [7, 11) is 0. The molecule has 0 atom stereocenters. The van der Waals surface area contributed by atoms with E-state index in [1.165, 1.54) is 18.1 Å². The molecule has 0 spiro atoms. The normalized spacial score (nSPS) is 10.3. The molecule has 2 aromatic carbocycles. The summed E-state index contributed by atoms with van der Waals surface area (Å²) in [4.78, 5) is 21.6. The lowest BCUT2D eigenvalue weighted by Crippen LogP contribution is -2.09. The predicted molar refractivity (Wildman–Crippen MR) is 103 cm³/mol. The van der Waals surface area contributed by atoms with Crippen molar-refractivity contribution in [3.05, 3.63) is 66.5 Å². The summed E-state index contributed by atoms with van der Waals surface area (Å²) in [5.74, 6) is 0.0392. The predicted octanol–water partition coefficient (Wildman–Crippen LogP) is 4.13. The Labute approximate surface area is 155 Å². The van der Waals surface area contributed by atoms with E-state index in [0.29, 0.717) is 34.4 Å². The van der Waals surface area contributed by atoms with Crippen LogP contribution >= 0.6 is 11.8 Å². The van der Waals surface area contributed by atoms with Crippen molar-refractivity contribution in [3.63, 3.8) is 0 Å². The van der Waals surface area contributed by atoms with Gasteiger partial charge in [-0.15, -0.1) is 0 Å². The molecular formula is C19H18N4O2S. The molecule has 0 aliphatic carbocycles. The van der Waals surface area contributed by atoms with Gasteiger partial charge in [-0.25, -0.2) is 14.8 Å². The van der Waals surface area contributed by atoms with E-state index in [1.807, 2.05) is 36.4 Å². The number of aromatic nitrogens is 2. The van der Waals surface area contributed by atoms with Gasteiger partial charge in [-0.1, -0.05) is 42.1 Å². The second-order valence-electron chi connectivity index (χ2n) is 5.25. The number of hydrogen-bond donors (Lipinski definition) is 2. The van der Waals surface area contributed by atoms with Gasteiger partial charge in [0.2, 0.25) is 0 Å². The number of carbonyl (C=O) groups is 1. The summed E-state index contributed by atoms with van der Waals surface area (Å²) in [5, 5.41) is 3.76. The minimum Gasteiger partial charge on any atom is -0.462 e. The van der Waals surface area contributed by atoms with E-state index in [9.17, 15) is 4.79 Å². The number of nitrogens with zero attached hydrogens (tertiary/aromatic N) is 2. The van der Waals surface area contributed by atoms with Crippen molar-refractivity contribution in [1.82, 2.24) is 9.97 Å². The van der Waals surface area contributed by atoms with Crippen LogP contribution in [0.2, 0.25) is 0 Å². The lowest BCUT2D eigenvalue weighted by Gasteiger charge is -2.13. The zero-order chi connectivity index (χ0) is 18.4. The van der Waals surface area contributed by atoms with Crippen LogP contribution in [0, 0.1) is 0 Å². The van der Waals surface area contributed by atoms with Gasteiger partial charge in [0.1, 0.15) is 17.0 Å². The van der Waals surface area contributed by atoms with Gasteiger partial charge in [0, 0.05) is 4.90 Å². The van der Waals surface area contributed by atoms with Crippen molar-refractivity contribution in [2.24, 2.45) is 0 Å². The van der Waals surface area contributed by atoms with Gasteiger partial charge in [-0.3, -0.25) is 0 Å². The lowest BCUT2D eigenvalue weighted by molar-refractivity contribution is 0.0527. The average molecular weight is 366 g/mol. The molecule has 0 aliphatic rings. The van der Waals surface area contributed by atoms with E-state index in [1.54, 1.807) is 25.1 Å². The summed E-state index contributed by atoms with van der Waals surface area (Å²) < 4.78 is 5.09. The highest BCUT2D eigenvalue weighted by Crippen LogP contribution is 2.34. The topological polar surface area (TPSA) is 90.1 Å². The maximum absolute atomic E-state index is 12.1. The van der Waals surface area contributed by atoms with E-state index < -0.39 is 5.97 Å². The standard InChI is InChI=1S/C19H18N4O2S/c1-2-25-19(24)14-10-6-7-11-15(14)23-17-16(20)18(22-12-21-17)26-13-8-4-3-5-9-13/h3-12H,2,20H2,1H3,(H,21,22,23). The molecular weight excluding hydrogens is 348 g/mol. The van der Waals surface area contributed by atoms with Gasteiger partial charge in [0.05, 0.1) is 17.9 Å². The molecule has 0 bridgehead atoms. The highest BCUT2D eigenvalue weighted by Gasteiger charge is 2.15. The van der Waals surface area contributed by atoms with Crippen molar-refractivity contribution >= 4 is 34.9 Å². The molecule has 3 rings (SSSR count). The zero-order valence-electron chi connectivity index (χ0n) is 14.2. The molecule has 0 unspecified atom stereocenters. The summed E-state index contributed by atoms with van der Waals surface area (Å²) in [6.07, 6.45) is 1.44. The fourth-order valence-corrected chi connectivity index (χ4v) is 3.09. The molecule has 1 heterocycles. The maximum atomic E-state index is 12.1. The highest BCUT2D eigenvalue weighted by atomic mass is 32.2. The van der Waals surface area contributed by atoms with Gasteiger partial charge in [-0.2, -0.15) is 0 Å². The molecule has 3 N–H and O–H groups in total. The fraction of sp³-hybridized carbons (Fsp3) is 0.105. The largest absolute Gasteiger partial charge is 0.462 e. The minimum atomic E-state index is -0.401. The van der Waals surface area contributed by atoms with Gasteiger partial charge >= 0.3 is 5.97 Å². The van der Waals surface area contributed by atoms with Crippen molar-refractivity contribution in [2.45, 2.75) is 16.8 Å². The third-order valence-electron chi connectivity index (χ3n) is 3.48. The maximum Gasteiger partial charge on any atom is 0.340 e. The number of nitrogens with two attached hydrogens (primary N) is 1. The number of ether oxygens (including phenoxy) is 1. The van der Waals surface area contributed by atoms with E-state index in [0.717, 1.165) is 4.90 Å². The summed E-state index contributed by atoms with van der Waals surface area (Å²) in [6, 6.07) is 16.9. The zero-order valence-corrected chi connectivity index (χ0v) is 15.0. The van der Waals surface area contributed by atoms with Crippen LogP contribution in [0.1, 0.15) is 17.3 Å². The summed E-state index contributed by atoms with van der Waals surface area (Å²) >= 11 is 1.45. The van der Waals surface area contributed by atoms with Crippen molar-refractivity contribution in [2.75, 3.05) is 17.7 Å². The Morgan fingerprint density at radius 2 is 1.85 bits per heavy atom. The number of benzene rings is 2.